The van der Waals surface area contributed by atoms with Gasteiger partial charge in [-0.3, -0.25) is 0 Å². The van der Waals surface area contributed by atoms with Gasteiger partial charge in [0.25, 0.3) is 0 Å². The van der Waals surface area contributed by atoms with Gasteiger partial charge in [-0.25, -0.2) is 8.78 Å². The molecule has 0 aliphatic rings. The number of para-hydroxylation sites is 2. The second kappa shape index (κ2) is 20.3. The molecule has 12 aromatic carbocycles. The van der Waals surface area contributed by atoms with Crippen LogP contribution in [-0.4, -0.2) is 16.1 Å². The Labute approximate surface area is 472 Å². The van der Waals surface area contributed by atoms with Crippen LogP contribution < -0.4 is 20.2 Å². The third-order valence-electron chi connectivity index (χ3n) is 16.4. The molecule has 0 aliphatic carbocycles. The number of halogens is 2. The van der Waals surface area contributed by atoms with Crippen LogP contribution in [0.1, 0.15) is 22.3 Å². The van der Waals surface area contributed by atoms with Crippen molar-refractivity contribution in [3.8, 4) is 44.5 Å². The fourth-order valence-corrected chi connectivity index (χ4v) is 15.5. The molecule has 0 amide bonds. The first-order chi connectivity index (χ1) is 38.5. The molecule has 6 heteroatoms. The largest absolute Gasteiger partial charge is 0.307 e. The van der Waals surface area contributed by atoms with E-state index in [1.807, 2.05) is 24.3 Å². The Bertz CT molecular complexity index is 4090. The van der Waals surface area contributed by atoms with E-state index in [-0.39, 0.29) is 11.6 Å². The van der Waals surface area contributed by atoms with Crippen molar-refractivity contribution in [3.63, 3.8) is 0 Å². The van der Waals surface area contributed by atoms with Crippen molar-refractivity contribution in [2.75, 3.05) is 9.80 Å². The molecule has 394 valence electrons. The maximum absolute atomic E-state index is 18.5. The van der Waals surface area contributed by atoms with Crippen molar-refractivity contribution in [1.29, 1.82) is 0 Å². The molecule has 0 heterocycles. The van der Waals surface area contributed by atoms with Gasteiger partial charge in [-0.05, 0) is 164 Å². The lowest BCUT2D eigenvalue weighted by atomic mass is 9.90. The van der Waals surface area contributed by atoms with Crippen LogP contribution in [0.15, 0.2) is 218 Å². The highest BCUT2D eigenvalue weighted by atomic mass is 28.3. The maximum atomic E-state index is 18.5. The molecule has 0 aromatic heterocycles. The lowest BCUT2D eigenvalue weighted by molar-refractivity contribution is 0.629. The summed E-state index contributed by atoms with van der Waals surface area (Å²) in [4.78, 5) is 4.46. The zero-order valence-electron chi connectivity index (χ0n) is 47.4. The Kier molecular flexibility index (Phi) is 13.3. The first-order valence-electron chi connectivity index (χ1n) is 27.9. The van der Waals surface area contributed by atoms with Gasteiger partial charge in [-0.15, -0.1) is 0 Å². The van der Waals surface area contributed by atoms with Gasteiger partial charge in [0.15, 0.2) is 0 Å². The van der Waals surface area contributed by atoms with Crippen LogP contribution in [0.4, 0.5) is 42.9 Å². The summed E-state index contributed by atoms with van der Waals surface area (Å²) in [5.74, 6) is -0.613. The van der Waals surface area contributed by atoms with Crippen LogP contribution in [0.3, 0.4) is 0 Å². The van der Waals surface area contributed by atoms with Gasteiger partial charge in [-0.2, -0.15) is 0 Å². The Hall–Kier alpha value is -8.43. The molecule has 0 saturated heterocycles. The van der Waals surface area contributed by atoms with Gasteiger partial charge in [0.2, 0.25) is 0 Å². The predicted molar refractivity (Wildman–Crippen MR) is 346 cm³/mol. The van der Waals surface area contributed by atoms with Crippen LogP contribution in [0.5, 0.6) is 0 Å². The Morgan fingerprint density at radius 3 is 0.963 bits per heavy atom. The molecule has 0 N–H and O–H groups in total. The number of nitrogens with zero attached hydrogens (tertiary/aromatic N) is 2. The van der Waals surface area contributed by atoms with E-state index in [0.717, 1.165) is 122 Å². The van der Waals surface area contributed by atoms with E-state index in [0.29, 0.717) is 11.4 Å². The molecule has 2 nitrogen and oxygen atoms in total. The van der Waals surface area contributed by atoms with Gasteiger partial charge in [0, 0.05) is 33.3 Å². The van der Waals surface area contributed by atoms with Crippen LogP contribution >= 0.6 is 0 Å². The highest BCUT2D eigenvalue weighted by molar-refractivity contribution is 6.90. The highest BCUT2D eigenvalue weighted by Crippen LogP contribution is 2.52. The smallest absolute Gasteiger partial charge is 0.148 e. The minimum absolute atomic E-state index is 0.306. The molecule has 12 aromatic rings. The average Bonchev–Trinajstić information content (AvgIpc) is 3.44. The minimum atomic E-state index is -2.10. The zero-order valence-corrected chi connectivity index (χ0v) is 49.4. The molecule has 80 heavy (non-hydrogen) atoms. The molecular formula is C74H66F2N2Si2. The third kappa shape index (κ3) is 9.10. The van der Waals surface area contributed by atoms with E-state index in [2.05, 4.69) is 259 Å². The SMILES string of the molecule is Cc1ccccc1-c1cc(F)c(N(c2ccccc2[Si](C)(C)C)c2ccc3ccc4c(N(c5ccccc5[Si](C)(C)C)c5c(F)cc(-c6ccccc6C)cc5-c5ccccc5C)ccc5ccc2c3c54)c(-c2ccccc2C)c1. The molecule has 0 aliphatic heterocycles. The molecule has 0 unspecified atom stereocenters. The van der Waals surface area contributed by atoms with Crippen LogP contribution in [0.25, 0.3) is 76.8 Å². The summed E-state index contributed by atoms with van der Waals surface area (Å²) in [6, 6.07) is 76.0. The number of benzene rings is 12. The van der Waals surface area contributed by atoms with Crippen LogP contribution in [0.2, 0.25) is 39.3 Å². The van der Waals surface area contributed by atoms with E-state index < -0.39 is 16.1 Å². The monoisotopic (exact) mass is 1080 g/mol. The number of hydrogen-bond donors (Lipinski definition) is 0. The molecule has 0 saturated carbocycles. The summed E-state index contributed by atoms with van der Waals surface area (Å²) < 4.78 is 36.9. The lowest BCUT2D eigenvalue weighted by Crippen LogP contribution is -2.40. The molecule has 12 rings (SSSR count). The minimum Gasteiger partial charge on any atom is -0.307 e. The second-order valence-corrected chi connectivity index (χ2v) is 33.8. The molecule has 0 spiro atoms. The van der Waals surface area contributed by atoms with Crippen molar-refractivity contribution >= 4 is 93.0 Å². The van der Waals surface area contributed by atoms with Gasteiger partial charge in [0.05, 0.1) is 38.9 Å². The summed E-state index contributed by atoms with van der Waals surface area (Å²) in [6.07, 6.45) is 0. The summed E-state index contributed by atoms with van der Waals surface area (Å²) in [7, 11) is -4.19. The van der Waals surface area contributed by atoms with Crippen molar-refractivity contribution < 1.29 is 8.78 Å². The van der Waals surface area contributed by atoms with E-state index in [4.69, 9.17) is 0 Å². The Balaban J connectivity index is 1.18. The summed E-state index contributed by atoms with van der Waals surface area (Å²) in [6.45, 7) is 22.6. The number of anilines is 6. The molecule has 0 bridgehead atoms. The third-order valence-corrected chi connectivity index (χ3v) is 20.4. The fraction of sp³-hybridized carbons (Fsp3) is 0.135. The normalized spacial score (nSPS) is 12.0. The van der Waals surface area contributed by atoms with Crippen molar-refractivity contribution in [1.82, 2.24) is 0 Å². The highest BCUT2D eigenvalue weighted by Gasteiger charge is 2.33. The fourth-order valence-electron chi connectivity index (χ4n) is 12.4. The van der Waals surface area contributed by atoms with Gasteiger partial charge >= 0.3 is 0 Å². The quantitative estimate of drug-likeness (QED) is 0.0889. The Morgan fingerprint density at radius 1 is 0.300 bits per heavy atom. The van der Waals surface area contributed by atoms with Gasteiger partial charge < -0.3 is 9.80 Å². The average molecular weight is 1080 g/mol. The van der Waals surface area contributed by atoms with Crippen LogP contribution in [0, 0.1) is 39.3 Å². The zero-order chi connectivity index (χ0) is 55.8. The maximum Gasteiger partial charge on any atom is 0.148 e. The first-order valence-corrected chi connectivity index (χ1v) is 34.9. The summed E-state index contributed by atoms with van der Waals surface area (Å²) in [5.41, 5.74) is 16.2. The number of aryl methyl sites for hydroxylation is 4. The molecule has 0 radical (unpaired) electrons. The summed E-state index contributed by atoms with van der Waals surface area (Å²) >= 11 is 0. The van der Waals surface area contributed by atoms with E-state index in [1.165, 1.54) is 10.4 Å². The van der Waals surface area contributed by atoms with Gasteiger partial charge in [-0.1, -0.05) is 209 Å². The Morgan fingerprint density at radius 2 is 0.613 bits per heavy atom. The number of hydrogen-bond acceptors (Lipinski definition) is 2. The lowest BCUT2D eigenvalue weighted by Gasteiger charge is -2.35. The van der Waals surface area contributed by atoms with Crippen molar-refractivity contribution in [2.45, 2.75) is 67.0 Å². The van der Waals surface area contributed by atoms with E-state index >= 15 is 8.78 Å². The van der Waals surface area contributed by atoms with Crippen molar-refractivity contribution in [3.05, 3.63) is 252 Å². The molecule has 0 fully saturated rings. The summed E-state index contributed by atoms with van der Waals surface area (Å²) in [5, 5.41) is 8.69. The molecule has 0 atom stereocenters. The van der Waals surface area contributed by atoms with E-state index in [1.54, 1.807) is 12.1 Å². The number of rotatable bonds is 12. The molecular weight excluding hydrogens is 1010 g/mol. The van der Waals surface area contributed by atoms with E-state index in [9.17, 15) is 0 Å². The predicted octanol–water partition coefficient (Wildman–Crippen LogP) is 20.8. The topological polar surface area (TPSA) is 6.48 Å². The second-order valence-electron chi connectivity index (χ2n) is 23.8. The van der Waals surface area contributed by atoms with Gasteiger partial charge in [0.1, 0.15) is 11.6 Å². The standard InChI is InChI=1S/C74H66F2N2Si2/c1-47-23-11-15-27-55(47)53-43-61(57-29-17-13-25-49(57)3)73(63(75)45-53)77(67-31-19-21-33-69(67)79(5,6)7)65-41-37-51-36-40-60-66(42-38-52-35-39-59(65)71(51)72(52)60)78(68-32-20-22-34-70(68)80(8,9)10)74-62(58-30-18-14-26-50(58)4)44-54(46-64(74)76)56-28-16-12-24-48(56)2/h11-46H,1-10H3. The van der Waals surface area contributed by atoms with Crippen molar-refractivity contribution in [2.24, 2.45) is 0 Å². The van der Waals surface area contributed by atoms with Crippen LogP contribution in [-0.2, 0) is 0 Å². The first kappa shape index (κ1) is 52.3.